The first-order chi connectivity index (χ1) is 10.2. The van der Waals surface area contributed by atoms with Crippen molar-refractivity contribution in [1.29, 1.82) is 0 Å². The van der Waals surface area contributed by atoms with Crippen LogP contribution >= 0.6 is 11.6 Å². The van der Waals surface area contributed by atoms with E-state index in [-0.39, 0.29) is 0 Å². The van der Waals surface area contributed by atoms with Gasteiger partial charge in [-0.25, -0.2) is 0 Å². The number of anilines is 1. The minimum absolute atomic E-state index is 0.339. The summed E-state index contributed by atoms with van der Waals surface area (Å²) in [6.45, 7) is 5.90. The maximum atomic E-state index is 6.44. The molecule has 21 heavy (non-hydrogen) atoms. The number of rotatable bonds is 7. The Labute approximate surface area is 133 Å². The van der Waals surface area contributed by atoms with Crippen molar-refractivity contribution in [2.75, 3.05) is 31.6 Å². The van der Waals surface area contributed by atoms with Crippen LogP contribution in [0.15, 0.2) is 18.2 Å². The highest BCUT2D eigenvalue weighted by molar-refractivity contribution is 6.33. The van der Waals surface area contributed by atoms with Crippen molar-refractivity contribution in [2.24, 2.45) is 0 Å². The molecule has 1 aliphatic rings. The van der Waals surface area contributed by atoms with Gasteiger partial charge in [-0.3, -0.25) is 0 Å². The summed E-state index contributed by atoms with van der Waals surface area (Å²) in [5, 5.41) is 4.22. The van der Waals surface area contributed by atoms with Crippen LogP contribution in [-0.2, 0) is 11.3 Å². The topological polar surface area (TPSA) is 24.5 Å². The molecule has 1 fully saturated rings. The van der Waals surface area contributed by atoms with Crippen molar-refractivity contribution in [2.45, 2.75) is 45.3 Å². The molecule has 0 aliphatic carbocycles. The molecular formula is C17H27ClN2O. The summed E-state index contributed by atoms with van der Waals surface area (Å²) in [7, 11) is 2.09. The van der Waals surface area contributed by atoms with E-state index < -0.39 is 0 Å². The van der Waals surface area contributed by atoms with Crippen LogP contribution in [-0.4, -0.2) is 32.8 Å². The van der Waals surface area contributed by atoms with E-state index in [0.717, 1.165) is 49.8 Å². The lowest BCUT2D eigenvalue weighted by Gasteiger charge is -2.29. The molecule has 4 heteroatoms. The Kier molecular flexibility index (Phi) is 6.81. The molecule has 1 saturated heterocycles. The van der Waals surface area contributed by atoms with Gasteiger partial charge in [0.1, 0.15) is 0 Å². The largest absolute Gasteiger partial charge is 0.376 e. The van der Waals surface area contributed by atoms with Gasteiger partial charge in [0.15, 0.2) is 0 Å². The van der Waals surface area contributed by atoms with Gasteiger partial charge in [-0.05, 0) is 49.9 Å². The zero-order valence-corrected chi connectivity index (χ0v) is 14.0. The van der Waals surface area contributed by atoms with E-state index in [1.165, 1.54) is 18.4 Å². The summed E-state index contributed by atoms with van der Waals surface area (Å²) >= 11 is 6.44. The van der Waals surface area contributed by atoms with Crippen LogP contribution in [0.5, 0.6) is 0 Å². The second-order valence-corrected chi connectivity index (χ2v) is 6.24. The number of halogens is 1. The van der Waals surface area contributed by atoms with Crippen LogP contribution in [0.3, 0.4) is 0 Å². The van der Waals surface area contributed by atoms with E-state index in [1.807, 2.05) is 0 Å². The Morgan fingerprint density at radius 1 is 1.38 bits per heavy atom. The summed E-state index contributed by atoms with van der Waals surface area (Å²) in [5.41, 5.74) is 2.32. The maximum Gasteiger partial charge on any atom is 0.0749 e. The molecule has 3 nitrogen and oxygen atoms in total. The molecule has 118 valence electrons. The Morgan fingerprint density at radius 3 is 2.90 bits per heavy atom. The van der Waals surface area contributed by atoms with Crippen molar-refractivity contribution in [3.8, 4) is 0 Å². The quantitative estimate of drug-likeness (QED) is 0.774. The average Bonchev–Trinajstić information content (AvgIpc) is 2.48. The highest BCUT2D eigenvalue weighted by Gasteiger charge is 2.17. The third-order valence-corrected chi connectivity index (χ3v) is 4.23. The lowest BCUT2D eigenvalue weighted by atomic mass is 10.1. The van der Waals surface area contributed by atoms with Gasteiger partial charge < -0.3 is 15.0 Å². The first-order valence-corrected chi connectivity index (χ1v) is 8.40. The smallest absolute Gasteiger partial charge is 0.0749 e. The normalized spacial score (nSPS) is 18.7. The third-order valence-electron chi connectivity index (χ3n) is 3.93. The van der Waals surface area contributed by atoms with E-state index in [2.05, 4.69) is 42.4 Å². The Bertz CT molecular complexity index is 433. The number of ether oxygens (including phenoxy) is 1. The molecule has 0 spiro atoms. The fraction of sp³-hybridized carbons (Fsp3) is 0.647. The Hall–Kier alpha value is -0.770. The first kappa shape index (κ1) is 16.6. The zero-order valence-electron chi connectivity index (χ0n) is 13.2. The van der Waals surface area contributed by atoms with Crippen LogP contribution in [0.25, 0.3) is 0 Å². The lowest BCUT2D eigenvalue weighted by molar-refractivity contribution is 0.0216. The Morgan fingerprint density at radius 2 is 2.24 bits per heavy atom. The van der Waals surface area contributed by atoms with Gasteiger partial charge in [-0.1, -0.05) is 24.6 Å². The predicted molar refractivity (Wildman–Crippen MR) is 90.3 cm³/mol. The van der Waals surface area contributed by atoms with E-state index in [4.69, 9.17) is 16.3 Å². The van der Waals surface area contributed by atoms with Crippen molar-refractivity contribution in [3.63, 3.8) is 0 Å². The number of hydrogen-bond donors (Lipinski definition) is 1. The van der Waals surface area contributed by atoms with Gasteiger partial charge in [0, 0.05) is 26.7 Å². The maximum absolute atomic E-state index is 6.44. The molecule has 0 amide bonds. The summed E-state index contributed by atoms with van der Waals surface area (Å²) in [5.74, 6) is 0. The van der Waals surface area contributed by atoms with Gasteiger partial charge in [0.2, 0.25) is 0 Å². The van der Waals surface area contributed by atoms with Crippen molar-refractivity contribution in [1.82, 2.24) is 5.32 Å². The van der Waals surface area contributed by atoms with Crippen molar-refractivity contribution >= 4 is 17.3 Å². The lowest BCUT2D eigenvalue weighted by Crippen LogP contribution is -2.33. The number of benzene rings is 1. The van der Waals surface area contributed by atoms with E-state index in [9.17, 15) is 0 Å². The number of nitrogens with one attached hydrogen (secondary N) is 1. The van der Waals surface area contributed by atoms with Crippen molar-refractivity contribution < 1.29 is 4.74 Å². The molecule has 1 N–H and O–H groups in total. The van der Waals surface area contributed by atoms with Gasteiger partial charge in [0.25, 0.3) is 0 Å². The van der Waals surface area contributed by atoms with Gasteiger partial charge in [-0.15, -0.1) is 0 Å². The third kappa shape index (κ3) is 5.17. The first-order valence-electron chi connectivity index (χ1n) is 8.02. The SMILES string of the molecule is CCCNCc1ccc(N(C)CC2CCCCO2)c(Cl)c1. The molecule has 1 unspecified atom stereocenters. The highest BCUT2D eigenvalue weighted by Crippen LogP contribution is 2.27. The minimum Gasteiger partial charge on any atom is -0.376 e. The van der Waals surface area contributed by atoms with Crippen LogP contribution in [0.2, 0.25) is 5.02 Å². The van der Waals surface area contributed by atoms with Crippen LogP contribution < -0.4 is 10.2 Å². The summed E-state index contributed by atoms with van der Waals surface area (Å²) in [6.07, 6.45) is 5.11. The summed E-state index contributed by atoms with van der Waals surface area (Å²) in [6, 6.07) is 6.34. The zero-order chi connectivity index (χ0) is 15.1. The average molecular weight is 311 g/mol. The number of likely N-dealkylation sites (N-methyl/N-ethyl adjacent to an activating group) is 1. The molecular weight excluding hydrogens is 284 g/mol. The number of nitrogens with zero attached hydrogens (tertiary/aromatic N) is 1. The predicted octanol–water partition coefficient (Wildman–Crippen LogP) is 3.84. The summed E-state index contributed by atoms with van der Waals surface area (Å²) in [4.78, 5) is 2.21. The molecule has 1 aromatic carbocycles. The Balaban J connectivity index is 1.92. The standard InChI is InChI=1S/C17H27ClN2O/c1-3-9-19-12-14-7-8-17(16(18)11-14)20(2)13-15-6-4-5-10-21-15/h7-8,11,15,19H,3-6,9-10,12-13H2,1-2H3. The minimum atomic E-state index is 0.339. The van der Waals surface area contributed by atoms with E-state index in [0.29, 0.717) is 6.10 Å². The van der Waals surface area contributed by atoms with Crippen LogP contribution in [0.1, 0.15) is 38.2 Å². The molecule has 2 rings (SSSR count). The van der Waals surface area contributed by atoms with Crippen LogP contribution in [0.4, 0.5) is 5.69 Å². The molecule has 0 bridgehead atoms. The van der Waals surface area contributed by atoms with E-state index >= 15 is 0 Å². The van der Waals surface area contributed by atoms with Gasteiger partial charge in [-0.2, -0.15) is 0 Å². The molecule has 1 aliphatic heterocycles. The summed E-state index contributed by atoms with van der Waals surface area (Å²) < 4.78 is 5.80. The van der Waals surface area contributed by atoms with E-state index in [1.54, 1.807) is 0 Å². The fourth-order valence-electron chi connectivity index (χ4n) is 2.73. The second-order valence-electron chi connectivity index (χ2n) is 5.83. The monoisotopic (exact) mass is 310 g/mol. The van der Waals surface area contributed by atoms with Crippen LogP contribution in [0, 0.1) is 0 Å². The van der Waals surface area contributed by atoms with Crippen molar-refractivity contribution in [3.05, 3.63) is 28.8 Å². The fourth-order valence-corrected chi connectivity index (χ4v) is 3.08. The highest BCUT2D eigenvalue weighted by atomic mass is 35.5. The molecule has 0 saturated carbocycles. The second kappa shape index (κ2) is 8.62. The number of hydrogen-bond acceptors (Lipinski definition) is 3. The van der Waals surface area contributed by atoms with Gasteiger partial charge >= 0.3 is 0 Å². The molecule has 1 atom stereocenters. The molecule has 0 aromatic heterocycles. The molecule has 1 aromatic rings. The molecule has 0 radical (unpaired) electrons. The van der Waals surface area contributed by atoms with Gasteiger partial charge in [0.05, 0.1) is 16.8 Å². The molecule has 1 heterocycles.